The number of nitrogens with zero attached hydrogens (tertiary/aromatic N) is 2. The Bertz CT molecular complexity index is 651. The lowest BCUT2D eigenvalue weighted by atomic mass is 10.0. The van der Waals surface area contributed by atoms with Crippen LogP contribution in [0.2, 0.25) is 0 Å². The summed E-state index contributed by atoms with van der Waals surface area (Å²) in [7, 11) is 1.94. The highest BCUT2D eigenvalue weighted by atomic mass is 32.2. The van der Waals surface area contributed by atoms with Crippen molar-refractivity contribution < 1.29 is 4.39 Å². The van der Waals surface area contributed by atoms with E-state index >= 15 is 0 Å². The van der Waals surface area contributed by atoms with Gasteiger partial charge in [0.1, 0.15) is 5.82 Å². The molecule has 0 amide bonds. The SMILES string of the molecule is Cc1nn(C)c(C)c1NC1CCSc2c(F)cccc21. The molecule has 0 saturated carbocycles. The zero-order valence-electron chi connectivity index (χ0n) is 11.9. The number of anilines is 1. The molecule has 1 aliphatic heterocycles. The molecule has 1 aliphatic rings. The molecule has 1 atom stereocenters. The number of rotatable bonds is 2. The third kappa shape index (κ3) is 2.20. The summed E-state index contributed by atoms with van der Waals surface area (Å²) in [6, 6.07) is 5.50. The van der Waals surface area contributed by atoms with Gasteiger partial charge in [-0.05, 0) is 31.9 Å². The zero-order valence-corrected chi connectivity index (χ0v) is 12.7. The lowest BCUT2D eigenvalue weighted by molar-refractivity contribution is 0.585. The van der Waals surface area contributed by atoms with E-state index in [0.717, 1.165) is 39.7 Å². The van der Waals surface area contributed by atoms with E-state index in [4.69, 9.17) is 0 Å². The summed E-state index contributed by atoms with van der Waals surface area (Å²) < 4.78 is 15.8. The van der Waals surface area contributed by atoms with Crippen LogP contribution in [0.25, 0.3) is 0 Å². The molecule has 106 valence electrons. The monoisotopic (exact) mass is 291 g/mol. The number of fused-ring (bicyclic) bond motifs is 1. The molecule has 3 rings (SSSR count). The third-order valence-electron chi connectivity index (χ3n) is 3.85. The van der Waals surface area contributed by atoms with Crippen molar-refractivity contribution in [3.05, 3.63) is 41.0 Å². The Labute approximate surface area is 122 Å². The molecule has 0 aliphatic carbocycles. The number of nitrogens with one attached hydrogen (secondary N) is 1. The van der Waals surface area contributed by atoms with Crippen LogP contribution in [0.15, 0.2) is 23.1 Å². The first-order valence-corrected chi connectivity index (χ1v) is 7.74. The Balaban J connectivity index is 1.96. The Kier molecular flexibility index (Phi) is 3.46. The fourth-order valence-electron chi connectivity index (χ4n) is 2.69. The van der Waals surface area contributed by atoms with E-state index in [1.807, 2.05) is 31.6 Å². The molecule has 0 radical (unpaired) electrons. The van der Waals surface area contributed by atoms with Gasteiger partial charge in [-0.25, -0.2) is 4.39 Å². The summed E-state index contributed by atoms with van der Waals surface area (Å²) in [4.78, 5) is 0.787. The average Bonchev–Trinajstić information content (AvgIpc) is 2.66. The quantitative estimate of drug-likeness (QED) is 0.912. The number of hydrogen-bond donors (Lipinski definition) is 1. The van der Waals surface area contributed by atoms with Crippen molar-refractivity contribution in [2.45, 2.75) is 31.2 Å². The van der Waals surface area contributed by atoms with Gasteiger partial charge < -0.3 is 5.32 Å². The van der Waals surface area contributed by atoms with Gasteiger partial charge in [0, 0.05) is 17.7 Å². The van der Waals surface area contributed by atoms with Crippen LogP contribution in [0, 0.1) is 19.7 Å². The van der Waals surface area contributed by atoms with E-state index in [0.29, 0.717) is 0 Å². The number of thioether (sulfide) groups is 1. The number of aromatic nitrogens is 2. The number of aryl methyl sites for hydroxylation is 2. The maximum absolute atomic E-state index is 13.9. The molecule has 0 spiro atoms. The van der Waals surface area contributed by atoms with E-state index in [1.165, 1.54) is 6.07 Å². The van der Waals surface area contributed by atoms with Crippen LogP contribution in [0.3, 0.4) is 0 Å². The van der Waals surface area contributed by atoms with Crippen molar-refractivity contribution in [3.8, 4) is 0 Å². The highest BCUT2D eigenvalue weighted by molar-refractivity contribution is 7.99. The molecule has 0 bridgehead atoms. The third-order valence-corrected chi connectivity index (χ3v) is 5.01. The second-order valence-corrected chi connectivity index (χ2v) is 6.27. The van der Waals surface area contributed by atoms with E-state index in [1.54, 1.807) is 17.8 Å². The maximum atomic E-state index is 13.9. The second-order valence-electron chi connectivity index (χ2n) is 5.16. The average molecular weight is 291 g/mol. The molecule has 5 heteroatoms. The van der Waals surface area contributed by atoms with Crippen LogP contribution >= 0.6 is 11.8 Å². The van der Waals surface area contributed by atoms with Gasteiger partial charge in [-0.1, -0.05) is 12.1 Å². The van der Waals surface area contributed by atoms with Gasteiger partial charge in [-0.15, -0.1) is 11.8 Å². The summed E-state index contributed by atoms with van der Waals surface area (Å²) in [5.41, 5.74) is 4.23. The van der Waals surface area contributed by atoms with Gasteiger partial charge in [0.25, 0.3) is 0 Å². The van der Waals surface area contributed by atoms with Crippen LogP contribution in [0.1, 0.15) is 29.4 Å². The van der Waals surface area contributed by atoms with Crippen molar-refractivity contribution in [2.24, 2.45) is 7.05 Å². The number of benzene rings is 1. The topological polar surface area (TPSA) is 29.9 Å². The standard InChI is InChI=1S/C15H18FN3S/c1-9-14(10(2)19(3)18-9)17-13-7-8-20-15-11(13)5-4-6-12(15)16/h4-6,13,17H,7-8H2,1-3H3. The molecule has 0 fully saturated rings. The number of hydrogen-bond acceptors (Lipinski definition) is 3. The van der Waals surface area contributed by atoms with Crippen molar-refractivity contribution in [1.29, 1.82) is 0 Å². The molecule has 20 heavy (non-hydrogen) atoms. The Hall–Kier alpha value is -1.49. The van der Waals surface area contributed by atoms with Crippen LogP contribution < -0.4 is 5.32 Å². The first-order valence-electron chi connectivity index (χ1n) is 6.76. The molecule has 0 saturated heterocycles. The van der Waals surface area contributed by atoms with Gasteiger partial charge in [-0.3, -0.25) is 4.68 Å². The van der Waals surface area contributed by atoms with Gasteiger partial charge in [0.05, 0.1) is 23.1 Å². The first-order chi connectivity index (χ1) is 9.58. The van der Waals surface area contributed by atoms with E-state index in [9.17, 15) is 4.39 Å². The van der Waals surface area contributed by atoms with Crippen LogP contribution in [-0.2, 0) is 7.05 Å². The van der Waals surface area contributed by atoms with E-state index in [2.05, 4.69) is 10.4 Å². The fraction of sp³-hybridized carbons (Fsp3) is 0.400. The van der Waals surface area contributed by atoms with Gasteiger partial charge in [0.15, 0.2) is 0 Å². The molecule has 1 aromatic carbocycles. The Morgan fingerprint density at radius 3 is 2.90 bits per heavy atom. The highest BCUT2D eigenvalue weighted by Gasteiger charge is 2.24. The first kappa shape index (κ1) is 13.5. The maximum Gasteiger partial charge on any atom is 0.137 e. The molecule has 3 nitrogen and oxygen atoms in total. The summed E-state index contributed by atoms with van der Waals surface area (Å²) in [5.74, 6) is 0.822. The normalized spacial score (nSPS) is 17.9. The smallest absolute Gasteiger partial charge is 0.137 e. The van der Waals surface area contributed by atoms with E-state index < -0.39 is 0 Å². The summed E-state index contributed by atoms with van der Waals surface area (Å²) in [5, 5.41) is 7.98. The van der Waals surface area contributed by atoms with Crippen LogP contribution in [0.4, 0.5) is 10.1 Å². The van der Waals surface area contributed by atoms with Gasteiger partial charge >= 0.3 is 0 Å². The Morgan fingerprint density at radius 1 is 1.40 bits per heavy atom. The molecule has 1 aromatic heterocycles. The predicted molar refractivity (Wildman–Crippen MR) is 80.8 cm³/mol. The summed E-state index contributed by atoms with van der Waals surface area (Å²) in [6.45, 7) is 4.05. The zero-order chi connectivity index (χ0) is 14.3. The van der Waals surface area contributed by atoms with Crippen molar-refractivity contribution in [2.75, 3.05) is 11.1 Å². The molecule has 1 unspecified atom stereocenters. The lowest BCUT2D eigenvalue weighted by Gasteiger charge is -2.27. The van der Waals surface area contributed by atoms with Crippen molar-refractivity contribution >= 4 is 17.4 Å². The minimum atomic E-state index is -0.112. The van der Waals surface area contributed by atoms with Crippen molar-refractivity contribution in [3.63, 3.8) is 0 Å². The molecule has 2 aromatic rings. The molecule has 2 heterocycles. The second kappa shape index (κ2) is 5.13. The molecular weight excluding hydrogens is 273 g/mol. The van der Waals surface area contributed by atoms with Crippen LogP contribution in [-0.4, -0.2) is 15.5 Å². The predicted octanol–water partition coefficient (Wildman–Crippen LogP) is 3.83. The van der Waals surface area contributed by atoms with Crippen molar-refractivity contribution in [1.82, 2.24) is 9.78 Å². The fourth-order valence-corrected chi connectivity index (χ4v) is 3.83. The minimum absolute atomic E-state index is 0.112. The highest BCUT2D eigenvalue weighted by Crippen LogP contribution is 2.40. The molecule has 1 N–H and O–H groups in total. The number of halogens is 1. The largest absolute Gasteiger partial charge is 0.375 e. The minimum Gasteiger partial charge on any atom is -0.375 e. The van der Waals surface area contributed by atoms with E-state index in [-0.39, 0.29) is 11.9 Å². The summed E-state index contributed by atoms with van der Waals surface area (Å²) in [6.07, 6.45) is 0.995. The molecular formula is C15H18FN3S. The Morgan fingerprint density at radius 2 is 2.20 bits per heavy atom. The van der Waals surface area contributed by atoms with Crippen LogP contribution in [0.5, 0.6) is 0 Å². The van der Waals surface area contributed by atoms with Gasteiger partial charge in [0.2, 0.25) is 0 Å². The van der Waals surface area contributed by atoms with Gasteiger partial charge in [-0.2, -0.15) is 5.10 Å². The lowest BCUT2D eigenvalue weighted by Crippen LogP contribution is -2.17. The summed E-state index contributed by atoms with van der Waals surface area (Å²) >= 11 is 1.61.